The summed E-state index contributed by atoms with van der Waals surface area (Å²) in [4.78, 5) is 23.5. The molecular formula is C15H13ClN2O3. The Morgan fingerprint density at radius 3 is 2.33 bits per heavy atom. The quantitative estimate of drug-likeness (QED) is 0.848. The number of methoxy groups -OCH3 is 1. The molecule has 2 amide bonds. The molecule has 0 aliphatic heterocycles. The third kappa shape index (κ3) is 3.97. The molecule has 0 spiro atoms. The van der Waals surface area contributed by atoms with Crippen molar-refractivity contribution in [2.75, 3.05) is 17.7 Å². The molecule has 2 aromatic carbocycles. The van der Waals surface area contributed by atoms with Crippen LogP contribution in [-0.4, -0.2) is 19.1 Å². The van der Waals surface area contributed by atoms with Gasteiger partial charge in [0.15, 0.2) is 0 Å². The van der Waals surface area contributed by atoms with E-state index in [2.05, 4.69) is 15.4 Å². The van der Waals surface area contributed by atoms with E-state index in [4.69, 9.17) is 11.6 Å². The molecule has 2 aromatic rings. The van der Waals surface area contributed by atoms with Crippen LogP contribution in [0.5, 0.6) is 0 Å². The van der Waals surface area contributed by atoms with Gasteiger partial charge in [-0.25, -0.2) is 9.59 Å². The van der Waals surface area contributed by atoms with E-state index in [-0.39, 0.29) is 5.56 Å². The average Bonchev–Trinajstić information content (AvgIpc) is 2.49. The Kier molecular flexibility index (Phi) is 4.79. The van der Waals surface area contributed by atoms with Gasteiger partial charge in [-0.05, 0) is 36.4 Å². The third-order valence-electron chi connectivity index (χ3n) is 2.68. The van der Waals surface area contributed by atoms with E-state index in [1.807, 2.05) is 0 Å². The first-order valence-electron chi connectivity index (χ1n) is 6.11. The lowest BCUT2D eigenvalue weighted by Gasteiger charge is -2.10. The summed E-state index contributed by atoms with van der Waals surface area (Å²) in [5.74, 6) is -0.516. The molecule has 0 aromatic heterocycles. The number of para-hydroxylation sites is 1. The highest BCUT2D eigenvalue weighted by Gasteiger charge is 2.13. The van der Waals surface area contributed by atoms with Crippen LogP contribution in [0.25, 0.3) is 0 Å². The van der Waals surface area contributed by atoms with Crippen molar-refractivity contribution in [3.05, 3.63) is 59.1 Å². The SMILES string of the molecule is COC(=O)c1ccccc1NC(=O)Nc1ccc(Cl)cc1. The first-order valence-corrected chi connectivity index (χ1v) is 6.49. The maximum Gasteiger partial charge on any atom is 0.339 e. The van der Waals surface area contributed by atoms with Crippen molar-refractivity contribution in [3.8, 4) is 0 Å². The van der Waals surface area contributed by atoms with Crippen LogP contribution >= 0.6 is 11.6 Å². The molecular weight excluding hydrogens is 292 g/mol. The summed E-state index contributed by atoms with van der Waals surface area (Å²) in [6.07, 6.45) is 0. The zero-order valence-electron chi connectivity index (χ0n) is 11.2. The zero-order chi connectivity index (χ0) is 15.2. The number of ether oxygens (including phenoxy) is 1. The number of hydrogen-bond acceptors (Lipinski definition) is 3. The van der Waals surface area contributed by atoms with Crippen molar-refractivity contribution in [1.29, 1.82) is 0 Å². The molecule has 2 rings (SSSR count). The highest BCUT2D eigenvalue weighted by Crippen LogP contribution is 2.17. The van der Waals surface area contributed by atoms with E-state index >= 15 is 0 Å². The van der Waals surface area contributed by atoms with E-state index in [0.29, 0.717) is 16.4 Å². The van der Waals surface area contributed by atoms with Crippen LogP contribution < -0.4 is 10.6 Å². The molecule has 21 heavy (non-hydrogen) atoms. The standard InChI is InChI=1S/C15H13ClN2O3/c1-21-14(19)12-4-2-3-5-13(12)18-15(20)17-11-8-6-10(16)7-9-11/h2-9H,1H3,(H2,17,18,20). The van der Waals surface area contributed by atoms with E-state index < -0.39 is 12.0 Å². The molecule has 0 aliphatic carbocycles. The molecule has 0 radical (unpaired) electrons. The second-order valence-electron chi connectivity index (χ2n) is 4.12. The molecule has 0 unspecified atom stereocenters. The maximum atomic E-state index is 11.9. The first kappa shape index (κ1) is 14.9. The van der Waals surface area contributed by atoms with Crippen molar-refractivity contribution in [2.24, 2.45) is 0 Å². The second-order valence-corrected chi connectivity index (χ2v) is 4.56. The fraction of sp³-hybridized carbons (Fsp3) is 0.0667. The fourth-order valence-corrected chi connectivity index (χ4v) is 1.82. The van der Waals surface area contributed by atoms with Crippen molar-refractivity contribution in [1.82, 2.24) is 0 Å². The summed E-state index contributed by atoms with van der Waals surface area (Å²) in [5.41, 5.74) is 1.24. The number of carbonyl (C=O) groups excluding carboxylic acids is 2. The molecule has 0 saturated carbocycles. The normalized spacial score (nSPS) is 9.81. The molecule has 0 atom stereocenters. The second kappa shape index (κ2) is 6.76. The van der Waals surface area contributed by atoms with Crippen LogP contribution in [0.3, 0.4) is 0 Å². The third-order valence-corrected chi connectivity index (χ3v) is 2.93. The number of benzene rings is 2. The topological polar surface area (TPSA) is 67.4 Å². The van der Waals surface area contributed by atoms with Gasteiger partial charge in [-0.15, -0.1) is 0 Å². The number of carbonyl (C=O) groups is 2. The molecule has 6 heteroatoms. The van der Waals surface area contributed by atoms with Crippen molar-refractivity contribution in [2.45, 2.75) is 0 Å². The molecule has 2 N–H and O–H groups in total. The van der Waals surface area contributed by atoms with E-state index in [1.54, 1.807) is 48.5 Å². The largest absolute Gasteiger partial charge is 0.465 e. The number of hydrogen-bond donors (Lipinski definition) is 2. The Morgan fingerprint density at radius 1 is 1.00 bits per heavy atom. The smallest absolute Gasteiger partial charge is 0.339 e. The van der Waals surface area contributed by atoms with Crippen LogP contribution in [0.4, 0.5) is 16.2 Å². The van der Waals surface area contributed by atoms with E-state index in [1.165, 1.54) is 7.11 Å². The number of amides is 2. The molecule has 0 saturated heterocycles. The summed E-state index contributed by atoms with van der Waals surface area (Å²) >= 11 is 5.77. The molecule has 0 bridgehead atoms. The summed E-state index contributed by atoms with van der Waals surface area (Å²) < 4.78 is 4.66. The number of anilines is 2. The Morgan fingerprint density at radius 2 is 1.67 bits per heavy atom. The lowest BCUT2D eigenvalue weighted by atomic mass is 10.2. The highest BCUT2D eigenvalue weighted by molar-refractivity contribution is 6.30. The predicted molar refractivity (Wildman–Crippen MR) is 81.9 cm³/mol. The number of urea groups is 1. The summed E-state index contributed by atoms with van der Waals surface area (Å²) in [6, 6.07) is 12.8. The zero-order valence-corrected chi connectivity index (χ0v) is 12.0. The van der Waals surface area contributed by atoms with Gasteiger partial charge in [-0.3, -0.25) is 0 Å². The van der Waals surface area contributed by atoms with E-state index in [0.717, 1.165) is 0 Å². The minimum atomic E-state index is -0.516. The van der Waals surface area contributed by atoms with Gasteiger partial charge in [0, 0.05) is 10.7 Å². The van der Waals surface area contributed by atoms with Gasteiger partial charge in [0.05, 0.1) is 18.4 Å². The Labute approximate surface area is 126 Å². The Bertz CT molecular complexity index is 656. The monoisotopic (exact) mass is 304 g/mol. The van der Waals surface area contributed by atoms with Crippen LogP contribution in [0, 0.1) is 0 Å². The highest BCUT2D eigenvalue weighted by atomic mass is 35.5. The lowest BCUT2D eigenvalue weighted by Crippen LogP contribution is -2.21. The Balaban J connectivity index is 2.09. The minimum absolute atomic E-state index is 0.284. The van der Waals surface area contributed by atoms with Crippen LogP contribution in [0.15, 0.2) is 48.5 Å². The van der Waals surface area contributed by atoms with Crippen LogP contribution in [-0.2, 0) is 4.74 Å². The number of esters is 1. The first-order chi connectivity index (χ1) is 10.1. The number of halogens is 1. The Hall–Kier alpha value is -2.53. The fourth-order valence-electron chi connectivity index (χ4n) is 1.70. The van der Waals surface area contributed by atoms with Gasteiger partial charge in [0.2, 0.25) is 0 Å². The van der Waals surface area contributed by atoms with Gasteiger partial charge in [0.1, 0.15) is 0 Å². The van der Waals surface area contributed by atoms with Crippen molar-refractivity contribution in [3.63, 3.8) is 0 Å². The maximum absolute atomic E-state index is 11.9. The summed E-state index contributed by atoms with van der Waals surface area (Å²) in [7, 11) is 1.28. The molecule has 0 aliphatic rings. The van der Waals surface area contributed by atoms with Crippen LogP contribution in [0.1, 0.15) is 10.4 Å². The average molecular weight is 305 g/mol. The van der Waals surface area contributed by atoms with Gasteiger partial charge in [-0.1, -0.05) is 23.7 Å². The number of rotatable bonds is 3. The lowest BCUT2D eigenvalue weighted by molar-refractivity contribution is 0.0602. The van der Waals surface area contributed by atoms with Gasteiger partial charge in [-0.2, -0.15) is 0 Å². The summed E-state index contributed by atoms with van der Waals surface area (Å²) in [6.45, 7) is 0. The van der Waals surface area contributed by atoms with Gasteiger partial charge < -0.3 is 15.4 Å². The van der Waals surface area contributed by atoms with Crippen molar-refractivity contribution < 1.29 is 14.3 Å². The molecule has 5 nitrogen and oxygen atoms in total. The predicted octanol–water partition coefficient (Wildman–Crippen LogP) is 3.77. The van der Waals surface area contributed by atoms with Gasteiger partial charge in [0.25, 0.3) is 0 Å². The van der Waals surface area contributed by atoms with Gasteiger partial charge >= 0.3 is 12.0 Å². The summed E-state index contributed by atoms with van der Waals surface area (Å²) in [5, 5.41) is 5.83. The molecule has 0 fully saturated rings. The van der Waals surface area contributed by atoms with Crippen molar-refractivity contribution >= 4 is 35.0 Å². The molecule has 108 valence electrons. The molecule has 0 heterocycles. The van der Waals surface area contributed by atoms with E-state index in [9.17, 15) is 9.59 Å². The van der Waals surface area contributed by atoms with Crippen LogP contribution in [0.2, 0.25) is 5.02 Å². The number of nitrogens with one attached hydrogen (secondary N) is 2. The minimum Gasteiger partial charge on any atom is -0.465 e.